The minimum atomic E-state index is 0.108. The van der Waals surface area contributed by atoms with E-state index in [0.29, 0.717) is 6.54 Å². The van der Waals surface area contributed by atoms with E-state index in [-0.39, 0.29) is 5.41 Å². The van der Waals surface area contributed by atoms with Gasteiger partial charge in [0.2, 0.25) is 0 Å². The SMILES string of the molecule is NCC1(CC2CCOCC2)CCOc2ccccc21. The Morgan fingerprint density at radius 3 is 2.74 bits per heavy atom. The van der Waals surface area contributed by atoms with E-state index < -0.39 is 0 Å². The Morgan fingerprint density at radius 1 is 1.16 bits per heavy atom. The lowest BCUT2D eigenvalue weighted by atomic mass is 9.69. The molecule has 1 saturated heterocycles. The molecule has 1 unspecified atom stereocenters. The summed E-state index contributed by atoms with van der Waals surface area (Å²) in [6.07, 6.45) is 4.56. The molecule has 3 nitrogen and oxygen atoms in total. The topological polar surface area (TPSA) is 44.5 Å². The van der Waals surface area contributed by atoms with Gasteiger partial charge in [-0.05, 0) is 37.7 Å². The standard InChI is InChI=1S/C16H23NO2/c17-12-16(11-13-5-8-18-9-6-13)7-10-19-15-4-2-1-3-14(15)16/h1-4,13H,5-12,17H2. The minimum Gasteiger partial charge on any atom is -0.493 e. The molecule has 2 aliphatic rings. The third-order valence-corrected chi connectivity index (χ3v) is 4.71. The number of hydrogen-bond donors (Lipinski definition) is 1. The van der Waals surface area contributed by atoms with E-state index in [4.69, 9.17) is 15.2 Å². The summed E-state index contributed by atoms with van der Waals surface area (Å²) in [6, 6.07) is 8.41. The van der Waals surface area contributed by atoms with Gasteiger partial charge in [-0.15, -0.1) is 0 Å². The van der Waals surface area contributed by atoms with Gasteiger partial charge in [0.1, 0.15) is 5.75 Å². The van der Waals surface area contributed by atoms with Crippen molar-refractivity contribution in [2.45, 2.75) is 31.1 Å². The molecule has 0 radical (unpaired) electrons. The summed E-state index contributed by atoms with van der Waals surface area (Å²) in [5.41, 5.74) is 7.61. The van der Waals surface area contributed by atoms with Gasteiger partial charge in [-0.3, -0.25) is 0 Å². The summed E-state index contributed by atoms with van der Waals surface area (Å²) in [7, 11) is 0. The molecule has 0 saturated carbocycles. The lowest BCUT2D eigenvalue weighted by Crippen LogP contribution is -2.42. The van der Waals surface area contributed by atoms with Gasteiger partial charge in [0, 0.05) is 30.7 Å². The Kier molecular flexibility index (Phi) is 3.76. The van der Waals surface area contributed by atoms with Gasteiger partial charge < -0.3 is 15.2 Å². The number of nitrogens with two attached hydrogens (primary N) is 1. The van der Waals surface area contributed by atoms with Crippen LogP contribution < -0.4 is 10.5 Å². The maximum Gasteiger partial charge on any atom is 0.123 e. The van der Waals surface area contributed by atoms with Crippen LogP contribution in [0, 0.1) is 5.92 Å². The van der Waals surface area contributed by atoms with E-state index in [9.17, 15) is 0 Å². The molecule has 0 bridgehead atoms. The van der Waals surface area contributed by atoms with E-state index in [1.54, 1.807) is 0 Å². The Bertz CT molecular complexity index is 429. The summed E-state index contributed by atoms with van der Waals surface area (Å²) >= 11 is 0. The van der Waals surface area contributed by atoms with Crippen LogP contribution in [0.3, 0.4) is 0 Å². The molecular weight excluding hydrogens is 238 g/mol. The van der Waals surface area contributed by atoms with Crippen molar-refractivity contribution in [3.63, 3.8) is 0 Å². The first-order valence-electron chi connectivity index (χ1n) is 7.34. The predicted octanol–water partition coefficient (Wildman–Crippen LogP) is 2.48. The lowest BCUT2D eigenvalue weighted by Gasteiger charge is -2.41. The zero-order valence-electron chi connectivity index (χ0n) is 11.4. The van der Waals surface area contributed by atoms with Crippen LogP contribution in [0.2, 0.25) is 0 Å². The van der Waals surface area contributed by atoms with E-state index in [2.05, 4.69) is 18.2 Å². The number of ether oxygens (including phenoxy) is 2. The number of fused-ring (bicyclic) bond motifs is 1. The average Bonchev–Trinajstić information content (AvgIpc) is 2.49. The minimum absolute atomic E-state index is 0.108. The highest BCUT2D eigenvalue weighted by atomic mass is 16.5. The van der Waals surface area contributed by atoms with E-state index in [0.717, 1.165) is 37.9 Å². The molecular formula is C16H23NO2. The summed E-state index contributed by atoms with van der Waals surface area (Å²) in [4.78, 5) is 0. The maximum atomic E-state index is 6.18. The van der Waals surface area contributed by atoms with Gasteiger partial charge in [-0.25, -0.2) is 0 Å². The molecule has 19 heavy (non-hydrogen) atoms. The summed E-state index contributed by atoms with van der Waals surface area (Å²) in [5, 5.41) is 0. The van der Waals surface area contributed by atoms with E-state index in [1.807, 2.05) is 6.07 Å². The van der Waals surface area contributed by atoms with Gasteiger partial charge in [-0.2, -0.15) is 0 Å². The highest BCUT2D eigenvalue weighted by Crippen LogP contribution is 2.43. The van der Waals surface area contributed by atoms with Crippen LogP contribution in [0.4, 0.5) is 0 Å². The van der Waals surface area contributed by atoms with Crippen molar-refractivity contribution in [1.82, 2.24) is 0 Å². The second-order valence-electron chi connectivity index (χ2n) is 5.84. The molecule has 104 valence electrons. The highest BCUT2D eigenvalue weighted by Gasteiger charge is 2.38. The molecule has 2 aliphatic heterocycles. The van der Waals surface area contributed by atoms with E-state index >= 15 is 0 Å². The molecule has 2 heterocycles. The number of hydrogen-bond acceptors (Lipinski definition) is 3. The zero-order valence-corrected chi connectivity index (χ0v) is 11.4. The second-order valence-corrected chi connectivity index (χ2v) is 5.84. The number of benzene rings is 1. The third-order valence-electron chi connectivity index (χ3n) is 4.71. The zero-order chi connectivity index (χ0) is 13.1. The Morgan fingerprint density at radius 2 is 1.95 bits per heavy atom. The van der Waals surface area contributed by atoms with Gasteiger partial charge >= 0.3 is 0 Å². The first-order valence-corrected chi connectivity index (χ1v) is 7.34. The molecule has 1 aromatic rings. The van der Waals surface area contributed by atoms with Crippen molar-refractivity contribution in [2.75, 3.05) is 26.4 Å². The summed E-state index contributed by atoms with van der Waals surface area (Å²) < 4.78 is 11.3. The van der Waals surface area contributed by atoms with Crippen LogP contribution in [-0.4, -0.2) is 26.4 Å². The average molecular weight is 261 g/mol. The largest absolute Gasteiger partial charge is 0.493 e. The molecule has 1 fully saturated rings. The van der Waals surface area contributed by atoms with Gasteiger partial charge in [-0.1, -0.05) is 18.2 Å². The van der Waals surface area contributed by atoms with Crippen LogP contribution in [0.15, 0.2) is 24.3 Å². The van der Waals surface area contributed by atoms with Gasteiger partial charge in [0.25, 0.3) is 0 Å². The molecule has 0 aromatic heterocycles. The second kappa shape index (κ2) is 5.51. The van der Waals surface area contributed by atoms with Crippen LogP contribution in [0.1, 0.15) is 31.2 Å². The quantitative estimate of drug-likeness (QED) is 0.909. The Balaban J connectivity index is 1.86. The first-order chi connectivity index (χ1) is 9.34. The third kappa shape index (κ3) is 2.49. The van der Waals surface area contributed by atoms with Crippen LogP contribution >= 0.6 is 0 Å². The maximum absolute atomic E-state index is 6.18. The molecule has 0 spiro atoms. The smallest absolute Gasteiger partial charge is 0.123 e. The van der Waals surface area contributed by atoms with Crippen LogP contribution in [-0.2, 0) is 10.2 Å². The predicted molar refractivity (Wildman–Crippen MR) is 75.4 cm³/mol. The van der Waals surface area contributed by atoms with Crippen molar-refractivity contribution in [3.8, 4) is 5.75 Å². The van der Waals surface area contributed by atoms with Crippen molar-refractivity contribution in [1.29, 1.82) is 0 Å². The van der Waals surface area contributed by atoms with Gasteiger partial charge in [0.05, 0.1) is 6.61 Å². The summed E-state index contributed by atoms with van der Waals surface area (Å²) in [6.45, 7) is 3.31. The number of para-hydroxylation sites is 1. The first kappa shape index (κ1) is 12.9. The van der Waals surface area contributed by atoms with Crippen molar-refractivity contribution >= 4 is 0 Å². The molecule has 1 atom stereocenters. The highest BCUT2D eigenvalue weighted by molar-refractivity contribution is 5.41. The van der Waals surface area contributed by atoms with Crippen molar-refractivity contribution < 1.29 is 9.47 Å². The molecule has 3 heteroatoms. The molecule has 2 N–H and O–H groups in total. The Labute approximate surface area is 115 Å². The van der Waals surface area contributed by atoms with Crippen molar-refractivity contribution in [3.05, 3.63) is 29.8 Å². The van der Waals surface area contributed by atoms with Crippen LogP contribution in [0.5, 0.6) is 5.75 Å². The lowest BCUT2D eigenvalue weighted by molar-refractivity contribution is 0.0519. The monoisotopic (exact) mass is 261 g/mol. The van der Waals surface area contributed by atoms with Crippen LogP contribution in [0.25, 0.3) is 0 Å². The Hall–Kier alpha value is -1.06. The fourth-order valence-electron chi connectivity index (χ4n) is 3.53. The fourth-order valence-corrected chi connectivity index (χ4v) is 3.53. The molecule has 0 aliphatic carbocycles. The number of rotatable bonds is 3. The normalized spacial score (nSPS) is 27.6. The van der Waals surface area contributed by atoms with Crippen molar-refractivity contribution in [2.24, 2.45) is 11.7 Å². The van der Waals surface area contributed by atoms with E-state index in [1.165, 1.54) is 24.8 Å². The molecule has 0 amide bonds. The fraction of sp³-hybridized carbons (Fsp3) is 0.625. The molecule has 3 rings (SSSR count). The van der Waals surface area contributed by atoms with Gasteiger partial charge in [0.15, 0.2) is 0 Å². The summed E-state index contributed by atoms with van der Waals surface area (Å²) in [5.74, 6) is 1.77. The molecule has 1 aromatic carbocycles.